The lowest BCUT2D eigenvalue weighted by Crippen LogP contribution is -2.35. The molecular formula is C20H21ClN2O3. The third-order valence-corrected chi connectivity index (χ3v) is 4.64. The van der Waals surface area contributed by atoms with Gasteiger partial charge < -0.3 is 15.0 Å². The number of rotatable bonds is 5. The van der Waals surface area contributed by atoms with E-state index in [1.165, 1.54) is 0 Å². The van der Waals surface area contributed by atoms with Gasteiger partial charge in [0.2, 0.25) is 0 Å². The Morgan fingerprint density at radius 1 is 1.15 bits per heavy atom. The van der Waals surface area contributed by atoms with Crippen LogP contribution >= 0.6 is 11.6 Å². The molecule has 0 saturated heterocycles. The third kappa shape index (κ3) is 4.06. The summed E-state index contributed by atoms with van der Waals surface area (Å²) in [4.78, 5) is 26.8. The number of halogens is 1. The molecule has 0 saturated carbocycles. The van der Waals surface area contributed by atoms with Gasteiger partial charge in [0.1, 0.15) is 0 Å². The van der Waals surface area contributed by atoms with Crippen molar-refractivity contribution in [3.8, 4) is 0 Å². The van der Waals surface area contributed by atoms with E-state index in [4.69, 9.17) is 16.3 Å². The predicted octanol–water partition coefficient (Wildman–Crippen LogP) is 3.31. The summed E-state index contributed by atoms with van der Waals surface area (Å²) >= 11 is 5.91. The molecule has 2 aromatic carbocycles. The van der Waals surface area contributed by atoms with Gasteiger partial charge in [0, 0.05) is 42.0 Å². The van der Waals surface area contributed by atoms with E-state index in [-0.39, 0.29) is 11.8 Å². The molecule has 0 bridgehead atoms. The Labute approximate surface area is 157 Å². The minimum Gasteiger partial charge on any atom is -0.383 e. The van der Waals surface area contributed by atoms with E-state index in [2.05, 4.69) is 5.32 Å². The maximum absolute atomic E-state index is 12.9. The number of hydrogen-bond acceptors (Lipinski definition) is 3. The summed E-state index contributed by atoms with van der Waals surface area (Å²) < 4.78 is 4.94. The van der Waals surface area contributed by atoms with Gasteiger partial charge in [-0.15, -0.1) is 0 Å². The third-order valence-electron chi connectivity index (χ3n) is 4.39. The van der Waals surface area contributed by atoms with Gasteiger partial charge in [-0.25, -0.2) is 0 Å². The molecule has 1 aliphatic heterocycles. The number of fused-ring (bicyclic) bond motifs is 1. The zero-order chi connectivity index (χ0) is 18.5. The van der Waals surface area contributed by atoms with Crippen LogP contribution in [0.2, 0.25) is 5.02 Å². The number of carbonyl (C=O) groups is 2. The molecule has 0 aromatic heterocycles. The van der Waals surface area contributed by atoms with Crippen LogP contribution in [0.4, 0.5) is 5.69 Å². The van der Waals surface area contributed by atoms with Gasteiger partial charge in [0.25, 0.3) is 11.8 Å². The Bertz CT molecular complexity index is 805. The minimum atomic E-state index is -0.133. The van der Waals surface area contributed by atoms with Gasteiger partial charge in [0.05, 0.1) is 6.61 Å². The van der Waals surface area contributed by atoms with Gasteiger partial charge in [-0.3, -0.25) is 9.59 Å². The fraction of sp³-hybridized carbons (Fsp3) is 0.300. The summed E-state index contributed by atoms with van der Waals surface area (Å²) in [5, 5.41) is 3.42. The molecule has 1 aliphatic rings. The van der Waals surface area contributed by atoms with E-state index in [0.29, 0.717) is 35.8 Å². The molecule has 0 unspecified atom stereocenters. The van der Waals surface area contributed by atoms with E-state index in [1.807, 2.05) is 12.1 Å². The Morgan fingerprint density at radius 2 is 1.88 bits per heavy atom. The zero-order valence-corrected chi connectivity index (χ0v) is 15.4. The number of hydrogen-bond donors (Lipinski definition) is 1. The standard InChI is InChI=1S/C20H21ClN2O3/c1-26-12-10-22-19(24)16-6-9-18-15(13-16)3-2-11-23(18)20(25)14-4-7-17(21)8-5-14/h4-9,13H,2-3,10-12H2,1H3,(H,22,24). The summed E-state index contributed by atoms with van der Waals surface area (Å²) in [7, 11) is 1.59. The second-order valence-electron chi connectivity index (χ2n) is 6.16. The van der Waals surface area contributed by atoms with Crippen LogP contribution in [0.15, 0.2) is 42.5 Å². The average Bonchev–Trinajstić information content (AvgIpc) is 2.67. The molecule has 2 amide bonds. The number of methoxy groups -OCH3 is 1. The van der Waals surface area contributed by atoms with Crippen molar-refractivity contribution in [2.75, 3.05) is 31.7 Å². The first-order valence-electron chi connectivity index (χ1n) is 8.57. The molecule has 0 atom stereocenters. The lowest BCUT2D eigenvalue weighted by Gasteiger charge is -2.30. The normalized spacial score (nSPS) is 13.2. The van der Waals surface area contributed by atoms with Crippen LogP contribution in [0.25, 0.3) is 0 Å². The SMILES string of the molecule is COCCNC(=O)c1ccc2c(c1)CCCN2C(=O)c1ccc(Cl)cc1. The number of carbonyl (C=O) groups excluding carboxylic acids is 2. The van der Waals surface area contributed by atoms with Crippen LogP contribution in [0, 0.1) is 0 Å². The van der Waals surface area contributed by atoms with Crippen molar-refractivity contribution in [1.82, 2.24) is 5.32 Å². The summed E-state index contributed by atoms with van der Waals surface area (Å²) in [5.41, 5.74) is 3.08. The highest BCUT2D eigenvalue weighted by Crippen LogP contribution is 2.29. The van der Waals surface area contributed by atoms with Gasteiger partial charge in [0.15, 0.2) is 0 Å². The summed E-state index contributed by atoms with van der Waals surface area (Å²) in [6.07, 6.45) is 1.71. The largest absolute Gasteiger partial charge is 0.383 e. The van der Waals surface area contributed by atoms with Crippen LogP contribution in [0.1, 0.15) is 32.7 Å². The Balaban J connectivity index is 1.80. The molecule has 6 heteroatoms. The molecule has 1 N–H and O–H groups in total. The maximum Gasteiger partial charge on any atom is 0.258 e. The summed E-state index contributed by atoms with van der Waals surface area (Å²) in [5.74, 6) is -0.189. The highest BCUT2D eigenvalue weighted by molar-refractivity contribution is 6.30. The highest BCUT2D eigenvalue weighted by atomic mass is 35.5. The number of amides is 2. The van der Waals surface area contributed by atoms with Gasteiger partial charge in [-0.05, 0) is 60.9 Å². The van der Waals surface area contributed by atoms with Crippen molar-refractivity contribution < 1.29 is 14.3 Å². The van der Waals surface area contributed by atoms with E-state index < -0.39 is 0 Å². The fourth-order valence-electron chi connectivity index (χ4n) is 3.07. The van der Waals surface area contributed by atoms with Gasteiger partial charge in [-0.2, -0.15) is 0 Å². The Kier molecular flexibility index (Phi) is 5.91. The average molecular weight is 373 g/mol. The van der Waals surface area contributed by atoms with Gasteiger partial charge >= 0.3 is 0 Å². The van der Waals surface area contributed by atoms with Crippen LogP contribution in [0.5, 0.6) is 0 Å². The molecule has 26 heavy (non-hydrogen) atoms. The highest BCUT2D eigenvalue weighted by Gasteiger charge is 2.24. The molecule has 0 radical (unpaired) electrons. The van der Waals surface area contributed by atoms with Crippen LogP contribution in [0.3, 0.4) is 0 Å². The quantitative estimate of drug-likeness (QED) is 0.819. The van der Waals surface area contributed by atoms with E-state index in [9.17, 15) is 9.59 Å². The van der Waals surface area contributed by atoms with Crippen molar-refractivity contribution in [1.29, 1.82) is 0 Å². The first-order chi connectivity index (χ1) is 12.6. The molecular weight excluding hydrogens is 352 g/mol. The predicted molar refractivity (Wildman–Crippen MR) is 102 cm³/mol. The number of anilines is 1. The van der Waals surface area contributed by atoms with Crippen LogP contribution < -0.4 is 10.2 Å². The molecule has 136 valence electrons. The van der Waals surface area contributed by atoms with Gasteiger partial charge in [-0.1, -0.05) is 11.6 Å². The fourth-order valence-corrected chi connectivity index (χ4v) is 3.19. The second kappa shape index (κ2) is 8.34. The first kappa shape index (κ1) is 18.4. The summed E-state index contributed by atoms with van der Waals surface area (Å²) in [6.45, 7) is 1.60. The van der Waals surface area contributed by atoms with Crippen molar-refractivity contribution in [3.63, 3.8) is 0 Å². The Hall–Kier alpha value is -2.37. The summed E-state index contributed by atoms with van der Waals surface area (Å²) in [6, 6.07) is 12.4. The lowest BCUT2D eigenvalue weighted by atomic mass is 9.98. The van der Waals surface area contributed by atoms with Crippen molar-refractivity contribution in [3.05, 3.63) is 64.2 Å². The van der Waals surface area contributed by atoms with E-state index in [1.54, 1.807) is 42.3 Å². The zero-order valence-electron chi connectivity index (χ0n) is 14.6. The molecule has 0 fully saturated rings. The molecule has 2 aromatic rings. The smallest absolute Gasteiger partial charge is 0.258 e. The monoisotopic (exact) mass is 372 g/mol. The minimum absolute atomic E-state index is 0.0556. The topological polar surface area (TPSA) is 58.6 Å². The van der Waals surface area contributed by atoms with E-state index >= 15 is 0 Å². The molecule has 1 heterocycles. The molecule has 5 nitrogen and oxygen atoms in total. The maximum atomic E-state index is 12.9. The van der Waals surface area contributed by atoms with Crippen LogP contribution in [-0.2, 0) is 11.2 Å². The molecule has 0 spiro atoms. The second-order valence-corrected chi connectivity index (χ2v) is 6.60. The molecule has 0 aliphatic carbocycles. The molecule has 3 rings (SSSR count). The van der Waals surface area contributed by atoms with E-state index in [0.717, 1.165) is 24.1 Å². The van der Waals surface area contributed by atoms with Crippen molar-refractivity contribution in [2.45, 2.75) is 12.8 Å². The number of nitrogens with zero attached hydrogens (tertiary/aromatic N) is 1. The number of aryl methyl sites for hydroxylation is 1. The lowest BCUT2D eigenvalue weighted by molar-refractivity contribution is 0.0936. The number of ether oxygens (including phenoxy) is 1. The van der Waals surface area contributed by atoms with Crippen molar-refractivity contribution >= 4 is 29.1 Å². The number of nitrogens with one attached hydrogen (secondary N) is 1. The number of benzene rings is 2. The first-order valence-corrected chi connectivity index (χ1v) is 8.95. The van der Waals surface area contributed by atoms with Crippen molar-refractivity contribution in [2.24, 2.45) is 0 Å². The van der Waals surface area contributed by atoms with Crippen LogP contribution in [-0.4, -0.2) is 38.6 Å². The Morgan fingerprint density at radius 3 is 2.62 bits per heavy atom.